The molecule has 0 unspecified atom stereocenters. The maximum atomic E-state index is 10.6. The molecule has 0 aliphatic carbocycles. The van der Waals surface area contributed by atoms with Crippen molar-refractivity contribution in [2.75, 3.05) is 0 Å². The molecule has 0 saturated carbocycles. The van der Waals surface area contributed by atoms with E-state index in [-0.39, 0.29) is 6.42 Å². The highest BCUT2D eigenvalue weighted by atomic mass is 79.9. The van der Waals surface area contributed by atoms with E-state index < -0.39 is 5.97 Å². The lowest BCUT2D eigenvalue weighted by molar-refractivity contribution is -0.136. The summed E-state index contributed by atoms with van der Waals surface area (Å²) in [6.07, 6.45) is 0.0988. The molecule has 0 aliphatic heterocycles. The second kappa shape index (κ2) is 3.71. The van der Waals surface area contributed by atoms with Gasteiger partial charge < -0.3 is 5.11 Å². The van der Waals surface area contributed by atoms with Gasteiger partial charge in [-0.1, -0.05) is 22.0 Å². The fourth-order valence-corrected chi connectivity index (χ4v) is 2.87. The fraction of sp³-hybridized carbons (Fsp3) is 0.100. The summed E-state index contributed by atoms with van der Waals surface area (Å²) in [6.45, 7) is 0. The van der Waals surface area contributed by atoms with Gasteiger partial charge >= 0.3 is 5.97 Å². The Morgan fingerprint density at radius 1 is 1.50 bits per heavy atom. The fourth-order valence-electron chi connectivity index (χ4n) is 1.36. The van der Waals surface area contributed by atoms with Gasteiger partial charge in [0.1, 0.15) is 0 Å². The van der Waals surface area contributed by atoms with Crippen molar-refractivity contribution in [3.05, 3.63) is 33.6 Å². The molecule has 2 aromatic rings. The first-order valence-electron chi connectivity index (χ1n) is 4.04. The highest BCUT2D eigenvalue weighted by Crippen LogP contribution is 2.28. The Labute approximate surface area is 93.3 Å². The quantitative estimate of drug-likeness (QED) is 0.910. The van der Waals surface area contributed by atoms with Gasteiger partial charge in [0, 0.05) is 9.17 Å². The van der Waals surface area contributed by atoms with Crippen molar-refractivity contribution in [2.24, 2.45) is 0 Å². The minimum atomic E-state index is -0.785. The summed E-state index contributed by atoms with van der Waals surface area (Å²) < 4.78 is 2.14. The van der Waals surface area contributed by atoms with E-state index in [1.807, 2.05) is 23.6 Å². The maximum Gasteiger partial charge on any atom is 0.307 e. The third kappa shape index (κ3) is 1.81. The van der Waals surface area contributed by atoms with Crippen LogP contribution in [0.2, 0.25) is 0 Å². The molecule has 1 aromatic carbocycles. The first-order valence-corrected chi connectivity index (χ1v) is 5.71. The first-order chi connectivity index (χ1) is 6.66. The molecule has 2 rings (SSSR count). The largest absolute Gasteiger partial charge is 0.481 e. The predicted molar refractivity (Wildman–Crippen MR) is 60.9 cm³/mol. The van der Waals surface area contributed by atoms with Crippen molar-refractivity contribution in [3.8, 4) is 0 Å². The zero-order valence-corrected chi connectivity index (χ0v) is 9.56. The standard InChI is InChI=1S/C10H7BrO2S/c11-7-1-2-8-6(3-10(12)13)5-14-9(8)4-7/h1-2,4-5H,3H2,(H,12,13). The van der Waals surface area contributed by atoms with Crippen LogP contribution in [-0.4, -0.2) is 11.1 Å². The second-order valence-corrected chi connectivity index (χ2v) is 4.80. The third-order valence-corrected chi connectivity index (χ3v) is 3.45. The average Bonchev–Trinajstić information content (AvgIpc) is 2.47. The molecule has 4 heteroatoms. The molecule has 0 aliphatic rings. The van der Waals surface area contributed by atoms with Crippen molar-refractivity contribution in [3.63, 3.8) is 0 Å². The third-order valence-electron chi connectivity index (χ3n) is 1.96. The van der Waals surface area contributed by atoms with Crippen molar-refractivity contribution in [2.45, 2.75) is 6.42 Å². The van der Waals surface area contributed by atoms with Gasteiger partial charge in [-0.15, -0.1) is 11.3 Å². The number of halogens is 1. The number of aliphatic carboxylic acids is 1. The number of thiophene rings is 1. The average molecular weight is 271 g/mol. The summed E-state index contributed by atoms with van der Waals surface area (Å²) >= 11 is 4.96. The number of rotatable bonds is 2. The van der Waals surface area contributed by atoms with E-state index in [2.05, 4.69) is 15.9 Å². The van der Waals surface area contributed by atoms with E-state index in [1.165, 1.54) is 0 Å². The van der Waals surface area contributed by atoms with E-state index >= 15 is 0 Å². The first kappa shape index (κ1) is 9.68. The molecule has 0 spiro atoms. The van der Waals surface area contributed by atoms with Crippen LogP contribution in [0.4, 0.5) is 0 Å². The van der Waals surface area contributed by atoms with Crippen LogP contribution in [0.15, 0.2) is 28.1 Å². The summed E-state index contributed by atoms with van der Waals surface area (Å²) in [5.74, 6) is -0.785. The number of carboxylic acid groups (broad SMARTS) is 1. The molecule has 1 aromatic heterocycles. The zero-order valence-electron chi connectivity index (χ0n) is 7.16. The molecule has 14 heavy (non-hydrogen) atoms. The number of benzene rings is 1. The van der Waals surface area contributed by atoms with E-state index in [4.69, 9.17) is 5.11 Å². The van der Waals surface area contributed by atoms with Crippen LogP contribution in [-0.2, 0) is 11.2 Å². The van der Waals surface area contributed by atoms with Gasteiger partial charge in [0.05, 0.1) is 6.42 Å². The van der Waals surface area contributed by atoms with Gasteiger partial charge in [0.2, 0.25) is 0 Å². The van der Waals surface area contributed by atoms with Crippen LogP contribution < -0.4 is 0 Å². The van der Waals surface area contributed by atoms with Crippen LogP contribution >= 0.6 is 27.3 Å². The van der Waals surface area contributed by atoms with E-state index in [0.29, 0.717) is 0 Å². The highest BCUT2D eigenvalue weighted by molar-refractivity contribution is 9.10. The lowest BCUT2D eigenvalue weighted by Gasteiger charge is -1.95. The molecular formula is C10H7BrO2S. The SMILES string of the molecule is O=C(O)Cc1csc2cc(Br)ccc12. The molecule has 2 nitrogen and oxygen atoms in total. The van der Waals surface area contributed by atoms with Crippen molar-refractivity contribution in [1.29, 1.82) is 0 Å². The molecule has 1 heterocycles. The molecule has 0 saturated heterocycles. The monoisotopic (exact) mass is 270 g/mol. The van der Waals surface area contributed by atoms with Crippen LogP contribution in [0.1, 0.15) is 5.56 Å². The van der Waals surface area contributed by atoms with Crippen molar-refractivity contribution < 1.29 is 9.90 Å². The second-order valence-electron chi connectivity index (χ2n) is 2.97. The van der Waals surface area contributed by atoms with Gasteiger partial charge in [0.15, 0.2) is 0 Å². The minimum Gasteiger partial charge on any atom is -0.481 e. The lowest BCUT2D eigenvalue weighted by atomic mass is 10.1. The molecule has 0 bridgehead atoms. The Hall–Kier alpha value is -0.870. The highest BCUT2D eigenvalue weighted by Gasteiger charge is 2.07. The van der Waals surface area contributed by atoms with E-state index in [0.717, 1.165) is 20.1 Å². The van der Waals surface area contributed by atoms with Crippen LogP contribution in [0, 0.1) is 0 Å². The molecule has 0 radical (unpaired) electrons. The van der Waals surface area contributed by atoms with Gasteiger partial charge in [-0.25, -0.2) is 0 Å². The lowest BCUT2D eigenvalue weighted by Crippen LogP contribution is -1.98. The van der Waals surface area contributed by atoms with Gasteiger partial charge in [-0.3, -0.25) is 4.79 Å². The Balaban J connectivity index is 2.52. The summed E-state index contributed by atoms with van der Waals surface area (Å²) in [5.41, 5.74) is 0.894. The van der Waals surface area contributed by atoms with Gasteiger partial charge in [-0.05, 0) is 28.5 Å². The minimum absolute atomic E-state index is 0.0988. The van der Waals surface area contributed by atoms with Crippen LogP contribution in [0.3, 0.4) is 0 Å². The van der Waals surface area contributed by atoms with E-state index in [9.17, 15) is 4.79 Å². The molecule has 0 fully saturated rings. The number of hydrogen-bond acceptors (Lipinski definition) is 2. The summed E-state index contributed by atoms with van der Waals surface area (Å²) in [7, 11) is 0. The number of fused-ring (bicyclic) bond motifs is 1. The van der Waals surface area contributed by atoms with E-state index in [1.54, 1.807) is 11.3 Å². The molecule has 72 valence electrons. The summed E-state index contributed by atoms with van der Waals surface area (Å²) in [6, 6.07) is 5.89. The van der Waals surface area contributed by atoms with Crippen molar-refractivity contribution in [1.82, 2.24) is 0 Å². The van der Waals surface area contributed by atoms with Gasteiger partial charge in [-0.2, -0.15) is 0 Å². The molecular weight excluding hydrogens is 264 g/mol. The smallest absolute Gasteiger partial charge is 0.307 e. The Kier molecular flexibility index (Phi) is 2.56. The summed E-state index contributed by atoms with van der Waals surface area (Å²) in [5, 5.41) is 11.6. The van der Waals surface area contributed by atoms with Crippen LogP contribution in [0.5, 0.6) is 0 Å². The van der Waals surface area contributed by atoms with Gasteiger partial charge in [0.25, 0.3) is 0 Å². The Bertz CT molecular complexity index is 490. The predicted octanol–water partition coefficient (Wildman–Crippen LogP) is 3.29. The number of carbonyl (C=O) groups is 1. The topological polar surface area (TPSA) is 37.3 Å². The number of hydrogen-bond donors (Lipinski definition) is 1. The number of carboxylic acids is 1. The summed E-state index contributed by atoms with van der Waals surface area (Å²) in [4.78, 5) is 10.6. The Morgan fingerprint density at radius 2 is 2.29 bits per heavy atom. The molecule has 1 N–H and O–H groups in total. The zero-order chi connectivity index (χ0) is 10.1. The van der Waals surface area contributed by atoms with Crippen LogP contribution in [0.25, 0.3) is 10.1 Å². The normalized spacial score (nSPS) is 10.6. The Morgan fingerprint density at radius 3 is 3.00 bits per heavy atom. The maximum absolute atomic E-state index is 10.6. The van der Waals surface area contributed by atoms with Crippen molar-refractivity contribution >= 4 is 43.3 Å². The molecule has 0 atom stereocenters. The molecule has 0 amide bonds.